The van der Waals surface area contributed by atoms with Gasteiger partial charge in [-0.05, 0) is 37.1 Å². The van der Waals surface area contributed by atoms with Gasteiger partial charge in [0.05, 0.1) is 4.90 Å². The van der Waals surface area contributed by atoms with Crippen LogP contribution in [0.4, 0.5) is 0 Å². The molecule has 0 unspecified atom stereocenters. The molecule has 1 aliphatic rings. The van der Waals surface area contributed by atoms with Crippen LogP contribution >= 0.6 is 11.6 Å². The Bertz CT molecular complexity index is 941. The number of carbonyl (C=O) groups excluding carboxylic acids is 1. The first-order valence-electron chi connectivity index (χ1n) is 8.46. The van der Waals surface area contributed by atoms with Crippen LogP contribution in [0.2, 0.25) is 5.02 Å². The summed E-state index contributed by atoms with van der Waals surface area (Å²) in [7, 11) is -4.04. The topological polar surface area (TPSA) is 90.2 Å². The van der Waals surface area contributed by atoms with E-state index in [1.54, 1.807) is 0 Å². The molecule has 0 aliphatic heterocycles. The molecule has 0 bridgehead atoms. The highest BCUT2D eigenvalue weighted by Gasteiger charge is 2.22. The molecule has 26 heavy (non-hydrogen) atoms. The van der Waals surface area contributed by atoms with E-state index in [0.29, 0.717) is 9.00 Å². The number of benzene rings is 1. The van der Waals surface area contributed by atoms with Crippen LogP contribution in [-0.2, 0) is 21.4 Å². The Labute approximate surface area is 156 Å². The van der Waals surface area contributed by atoms with Gasteiger partial charge >= 0.3 is 5.69 Å². The molecule has 1 amide bonds. The van der Waals surface area contributed by atoms with Crippen molar-refractivity contribution in [3.63, 3.8) is 0 Å². The molecular weight excluding hydrogens is 378 g/mol. The zero-order chi connectivity index (χ0) is 18.7. The number of aromatic nitrogens is 2. The van der Waals surface area contributed by atoms with E-state index in [4.69, 9.17) is 11.6 Å². The van der Waals surface area contributed by atoms with Gasteiger partial charge in [0.2, 0.25) is 5.91 Å². The fraction of sp³-hybridized carbons (Fsp3) is 0.412. The van der Waals surface area contributed by atoms with Gasteiger partial charge in [-0.15, -0.1) is 0 Å². The number of nitrogens with one attached hydrogen (secondary N) is 1. The molecule has 1 fully saturated rings. The highest BCUT2D eigenvalue weighted by molar-refractivity contribution is 7.90. The number of nitrogens with zero attached hydrogens (tertiary/aromatic N) is 2. The quantitative estimate of drug-likeness (QED) is 0.835. The number of amides is 1. The third kappa shape index (κ3) is 4.02. The first-order chi connectivity index (χ1) is 12.4. The molecular formula is C17H20ClN3O4S. The number of rotatable bonds is 5. The lowest BCUT2D eigenvalue weighted by Crippen LogP contribution is -2.40. The van der Waals surface area contributed by atoms with Gasteiger partial charge in [-0.2, -0.15) is 3.97 Å². The van der Waals surface area contributed by atoms with E-state index in [0.717, 1.165) is 36.4 Å². The lowest BCUT2D eigenvalue weighted by Gasteiger charge is -2.22. The number of halogens is 1. The van der Waals surface area contributed by atoms with Gasteiger partial charge in [0.1, 0.15) is 6.54 Å². The van der Waals surface area contributed by atoms with E-state index in [-0.39, 0.29) is 23.4 Å². The first-order valence-corrected chi connectivity index (χ1v) is 10.3. The van der Waals surface area contributed by atoms with Gasteiger partial charge in [0, 0.05) is 23.5 Å². The third-order valence-corrected chi connectivity index (χ3v) is 6.39. The lowest BCUT2D eigenvalue weighted by atomic mass is 9.95. The molecule has 140 valence electrons. The van der Waals surface area contributed by atoms with Crippen molar-refractivity contribution >= 4 is 27.5 Å². The van der Waals surface area contributed by atoms with Gasteiger partial charge in [-0.3, -0.25) is 9.36 Å². The van der Waals surface area contributed by atoms with E-state index < -0.39 is 15.7 Å². The summed E-state index contributed by atoms with van der Waals surface area (Å²) in [5.74, 6) is -0.291. The molecule has 1 heterocycles. The second-order valence-electron chi connectivity index (χ2n) is 6.37. The van der Waals surface area contributed by atoms with Crippen LogP contribution in [-0.4, -0.2) is 28.9 Å². The predicted molar refractivity (Wildman–Crippen MR) is 97.7 cm³/mol. The number of hydrogen-bond acceptors (Lipinski definition) is 4. The Hall–Kier alpha value is -2.06. The molecule has 3 rings (SSSR count). The molecule has 1 N–H and O–H groups in total. The minimum absolute atomic E-state index is 0.0478. The van der Waals surface area contributed by atoms with E-state index >= 15 is 0 Å². The Morgan fingerprint density at radius 3 is 2.42 bits per heavy atom. The third-order valence-electron chi connectivity index (χ3n) is 4.47. The van der Waals surface area contributed by atoms with Crippen molar-refractivity contribution in [1.82, 2.24) is 13.9 Å². The monoisotopic (exact) mass is 397 g/mol. The summed E-state index contributed by atoms with van der Waals surface area (Å²) in [6.45, 7) is -0.210. The maximum absolute atomic E-state index is 12.6. The van der Waals surface area contributed by atoms with Gasteiger partial charge in [-0.25, -0.2) is 13.2 Å². The Morgan fingerprint density at radius 2 is 1.77 bits per heavy atom. The number of carbonyl (C=O) groups is 1. The summed E-state index contributed by atoms with van der Waals surface area (Å²) in [6, 6.07) is 5.67. The highest BCUT2D eigenvalue weighted by atomic mass is 35.5. The van der Waals surface area contributed by atoms with Crippen LogP contribution in [0.1, 0.15) is 32.1 Å². The number of hydrogen-bond donors (Lipinski definition) is 1. The van der Waals surface area contributed by atoms with Crippen molar-refractivity contribution < 1.29 is 13.2 Å². The van der Waals surface area contributed by atoms with Gasteiger partial charge in [-0.1, -0.05) is 30.9 Å². The minimum Gasteiger partial charge on any atom is -0.352 e. The summed E-state index contributed by atoms with van der Waals surface area (Å²) < 4.78 is 26.9. The van der Waals surface area contributed by atoms with Crippen LogP contribution in [0, 0.1) is 0 Å². The molecule has 7 nitrogen and oxygen atoms in total. The van der Waals surface area contributed by atoms with Crippen molar-refractivity contribution in [1.29, 1.82) is 0 Å². The van der Waals surface area contributed by atoms with Gasteiger partial charge < -0.3 is 5.32 Å². The van der Waals surface area contributed by atoms with Crippen LogP contribution in [0.25, 0.3) is 0 Å². The Kier molecular flexibility index (Phi) is 5.52. The van der Waals surface area contributed by atoms with Crippen LogP contribution in [0.3, 0.4) is 0 Å². The maximum atomic E-state index is 12.6. The average Bonchev–Trinajstić information content (AvgIpc) is 2.97. The average molecular weight is 398 g/mol. The van der Waals surface area contributed by atoms with E-state index in [1.165, 1.54) is 36.9 Å². The molecule has 1 aliphatic carbocycles. The SMILES string of the molecule is O=C(Cn1ccn(S(=O)(=O)c2ccc(Cl)cc2)c1=O)NC1CCCCC1. The molecule has 2 aromatic rings. The molecule has 9 heteroatoms. The Balaban J connectivity index is 1.76. The van der Waals surface area contributed by atoms with Crippen LogP contribution in [0.5, 0.6) is 0 Å². The largest absolute Gasteiger partial charge is 0.352 e. The summed E-state index contributed by atoms with van der Waals surface area (Å²) in [5, 5.41) is 3.30. The normalized spacial score (nSPS) is 15.7. The zero-order valence-corrected chi connectivity index (χ0v) is 15.7. The van der Waals surface area contributed by atoms with Crippen LogP contribution < -0.4 is 11.0 Å². The molecule has 0 saturated heterocycles. The smallest absolute Gasteiger partial charge is 0.342 e. The summed E-state index contributed by atoms with van der Waals surface area (Å²) in [5.41, 5.74) is -0.779. The highest BCUT2D eigenvalue weighted by Crippen LogP contribution is 2.17. The molecule has 0 radical (unpaired) electrons. The summed E-state index contributed by atoms with van der Waals surface area (Å²) in [4.78, 5) is 24.5. The second-order valence-corrected chi connectivity index (χ2v) is 8.62. The fourth-order valence-electron chi connectivity index (χ4n) is 3.09. The van der Waals surface area contributed by atoms with Crippen LogP contribution in [0.15, 0.2) is 46.3 Å². The molecule has 0 spiro atoms. The molecule has 1 aromatic carbocycles. The van der Waals surface area contributed by atoms with E-state index in [1.807, 2.05) is 0 Å². The standard InChI is InChI=1S/C17H20ClN3O4S/c18-13-6-8-15(9-7-13)26(24,25)21-11-10-20(17(21)23)12-16(22)19-14-4-2-1-3-5-14/h6-11,14H,1-5,12H2,(H,19,22). The van der Waals surface area contributed by atoms with Crippen molar-refractivity contribution in [2.45, 2.75) is 49.6 Å². The summed E-state index contributed by atoms with van der Waals surface area (Å²) >= 11 is 5.77. The summed E-state index contributed by atoms with van der Waals surface area (Å²) in [6.07, 6.45) is 7.67. The van der Waals surface area contributed by atoms with Gasteiger partial charge in [0.25, 0.3) is 10.0 Å². The fourth-order valence-corrected chi connectivity index (χ4v) is 4.45. The van der Waals surface area contributed by atoms with Crippen molar-refractivity contribution in [3.05, 3.63) is 52.2 Å². The zero-order valence-electron chi connectivity index (χ0n) is 14.1. The minimum atomic E-state index is -4.04. The molecule has 1 aromatic heterocycles. The van der Waals surface area contributed by atoms with Crippen molar-refractivity contribution in [2.75, 3.05) is 0 Å². The van der Waals surface area contributed by atoms with Crippen molar-refractivity contribution in [3.8, 4) is 0 Å². The van der Waals surface area contributed by atoms with Crippen molar-refractivity contribution in [2.24, 2.45) is 0 Å². The maximum Gasteiger partial charge on any atom is 0.342 e. The number of imidazole rings is 1. The van der Waals surface area contributed by atoms with E-state index in [9.17, 15) is 18.0 Å². The lowest BCUT2D eigenvalue weighted by molar-refractivity contribution is -0.122. The second kappa shape index (κ2) is 7.67. The van der Waals surface area contributed by atoms with E-state index in [2.05, 4.69) is 5.32 Å². The molecule has 1 saturated carbocycles. The Morgan fingerprint density at radius 1 is 1.12 bits per heavy atom. The van der Waals surface area contributed by atoms with Gasteiger partial charge in [0.15, 0.2) is 0 Å². The molecule has 0 atom stereocenters. The predicted octanol–water partition coefficient (Wildman–Crippen LogP) is 1.99. The first kappa shape index (κ1) is 18.7.